The van der Waals surface area contributed by atoms with E-state index in [0.717, 1.165) is 5.56 Å². The Balaban J connectivity index is 2.05. The Morgan fingerprint density at radius 1 is 1.27 bits per heavy atom. The number of halogens is 1. The molecule has 0 unspecified atom stereocenters. The molecule has 2 aromatic carbocycles. The highest BCUT2D eigenvalue weighted by atomic mass is 19.1. The third kappa shape index (κ3) is 4.30. The number of carbonyl (C=O) groups excluding carboxylic acids is 1. The zero-order chi connectivity index (χ0) is 15.9. The maximum Gasteiger partial charge on any atom is 0.251 e. The fraction of sp³-hybridized carbons (Fsp3) is 0.235. The Bertz CT molecular complexity index is 638. The van der Waals surface area contributed by atoms with Gasteiger partial charge in [0.15, 0.2) is 0 Å². The average molecular weight is 303 g/mol. The monoisotopic (exact) mass is 303 g/mol. The van der Waals surface area contributed by atoms with Crippen LogP contribution in [0.3, 0.4) is 0 Å². The highest BCUT2D eigenvalue weighted by Crippen LogP contribution is 2.18. The molecule has 0 heterocycles. The fourth-order valence-electron chi connectivity index (χ4n) is 2.09. The summed E-state index contributed by atoms with van der Waals surface area (Å²) >= 11 is 0. The van der Waals surface area contributed by atoms with Crippen molar-refractivity contribution in [2.75, 3.05) is 13.2 Å². The molecular formula is C17H18FNO3. The molecule has 0 atom stereocenters. The predicted molar refractivity (Wildman–Crippen MR) is 81.3 cm³/mol. The molecule has 2 N–H and O–H groups in total. The Morgan fingerprint density at radius 3 is 2.77 bits per heavy atom. The number of benzene rings is 2. The largest absolute Gasteiger partial charge is 0.491 e. The first-order valence-corrected chi connectivity index (χ1v) is 6.97. The number of ether oxygens (including phenoxy) is 1. The standard InChI is InChI=1S/C17H18FNO3/c1-12-8-14(10-15(18)9-12)17(21)19-11-13-4-2-3-5-16(13)22-7-6-20/h2-5,8-10,20H,6-7,11H2,1H3,(H,19,21). The number of amides is 1. The summed E-state index contributed by atoms with van der Waals surface area (Å²) in [6.07, 6.45) is 0. The molecule has 0 aromatic heterocycles. The lowest BCUT2D eigenvalue weighted by Gasteiger charge is -2.11. The number of hydrogen-bond donors (Lipinski definition) is 2. The van der Waals surface area contributed by atoms with Crippen LogP contribution in [0.1, 0.15) is 21.5 Å². The van der Waals surface area contributed by atoms with Crippen LogP contribution in [-0.4, -0.2) is 24.2 Å². The number of nitrogens with one attached hydrogen (secondary N) is 1. The van der Waals surface area contributed by atoms with Crippen LogP contribution >= 0.6 is 0 Å². The first-order valence-electron chi connectivity index (χ1n) is 6.97. The summed E-state index contributed by atoms with van der Waals surface area (Å²) in [6, 6.07) is 11.4. The second kappa shape index (κ2) is 7.56. The number of hydrogen-bond acceptors (Lipinski definition) is 3. The van der Waals surface area contributed by atoms with Gasteiger partial charge in [-0.05, 0) is 36.8 Å². The lowest BCUT2D eigenvalue weighted by molar-refractivity contribution is 0.0950. The van der Waals surface area contributed by atoms with Gasteiger partial charge in [-0.1, -0.05) is 18.2 Å². The van der Waals surface area contributed by atoms with Crippen LogP contribution in [0.25, 0.3) is 0 Å². The Labute approximate surface area is 128 Å². The van der Waals surface area contributed by atoms with E-state index in [1.165, 1.54) is 12.1 Å². The lowest BCUT2D eigenvalue weighted by atomic mass is 10.1. The predicted octanol–water partition coefficient (Wildman–Crippen LogP) is 2.44. The molecule has 116 valence electrons. The van der Waals surface area contributed by atoms with Gasteiger partial charge in [0.1, 0.15) is 18.2 Å². The minimum atomic E-state index is -0.433. The molecule has 0 saturated heterocycles. The van der Waals surface area contributed by atoms with Gasteiger partial charge < -0.3 is 15.2 Å². The Kier molecular flexibility index (Phi) is 5.49. The van der Waals surface area contributed by atoms with E-state index in [-0.39, 0.29) is 31.2 Å². The first kappa shape index (κ1) is 16.0. The molecule has 0 aliphatic heterocycles. The van der Waals surface area contributed by atoms with E-state index in [2.05, 4.69) is 5.32 Å². The number of rotatable bonds is 6. The minimum absolute atomic E-state index is 0.0801. The molecule has 22 heavy (non-hydrogen) atoms. The van der Waals surface area contributed by atoms with Crippen LogP contribution in [0.15, 0.2) is 42.5 Å². The molecule has 2 aromatic rings. The van der Waals surface area contributed by atoms with Crippen molar-refractivity contribution in [2.24, 2.45) is 0 Å². The van der Waals surface area contributed by atoms with Crippen LogP contribution in [0.4, 0.5) is 4.39 Å². The molecule has 1 amide bonds. The van der Waals surface area contributed by atoms with Gasteiger partial charge in [0.25, 0.3) is 5.91 Å². The summed E-state index contributed by atoms with van der Waals surface area (Å²) in [6.45, 7) is 2.10. The van der Waals surface area contributed by atoms with E-state index in [1.54, 1.807) is 19.1 Å². The van der Waals surface area contributed by atoms with Crippen molar-refractivity contribution in [3.8, 4) is 5.75 Å². The maximum absolute atomic E-state index is 13.3. The van der Waals surface area contributed by atoms with Crippen LogP contribution < -0.4 is 10.1 Å². The van der Waals surface area contributed by atoms with Crippen molar-refractivity contribution in [1.82, 2.24) is 5.32 Å². The molecule has 0 bridgehead atoms. The second-order valence-electron chi connectivity index (χ2n) is 4.88. The molecule has 0 saturated carbocycles. The summed E-state index contributed by atoms with van der Waals surface area (Å²) in [4.78, 5) is 12.1. The van der Waals surface area contributed by atoms with Crippen molar-refractivity contribution in [3.63, 3.8) is 0 Å². The van der Waals surface area contributed by atoms with Gasteiger partial charge in [0.2, 0.25) is 0 Å². The Hall–Kier alpha value is -2.40. The van der Waals surface area contributed by atoms with Gasteiger partial charge in [-0.25, -0.2) is 4.39 Å². The molecule has 0 aliphatic rings. The summed E-state index contributed by atoms with van der Waals surface area (Å²) in [5.41, 5.74) is 1.76. The van der Waals surface area contributed by atoms with E-state index >= 15 is 0 Å². The molecule has 5 heteroatoms. The van der Waals surface area contributed by atoms with Gasteiger partial charge in [0.05, 0.1) is 6.61 Å². The SMILES string of the molecule is Cc1cc(F)cc(C(=O)NCc2ccccc2OCCO)c1. The first-order chi connectivity index (χ1) is 10.6. The molecule has 2 rings (SSSR count). The van der Waals surface area contributed by atoms with Crippen molar-refractivity contribution >= 4 is 5.91 Å². The average Bonchev–Trinajstić information content (AvgIpc) is 2.50. The minimum Gasteiger partial charge on any atom is -0.491 e. The normalized spacial score (nSPS) is 10.3. The summed E-state index contributed by atoms with van der Waals surface area (Å²) < 4.78 is 18.7. The van der Waals surface area contributed by atoms with Gasteiger partial charge in [0, 0.05) is 17.7 Å². The van der Waals surface area contributed by atoms with Gasteiger partial charge >= 0.3 is 0 Å². The molecular weight excluding hydrogens is 285 g/mol. The van der Waals surface area contributed by atoms with Crippen molar-refractivity contribution in [1.29, 1.82) is 0 Å². The summed E-state index contributed by atoms with van der Waals surface area (Å²) in [7, 11) is 0. The third-order valence-electron chi connectivity index (χ3n) is 3.07. The highest BCUT2D eigenvalue weighted by Gasteiger charge is 2.09. The quantitative estimate of drug-likeness (QED) is 0.861. The smallest absolute Gasteiger partial charge is 0.251 e. The topological polar surface area (TPSA) is 58.6 Å². The molecule has 0 radical (unpaired) electrons. The molecule has 0 spiro atoms. The van der Waals surface area contributed by atoms with E-state index in [1.807, 2.05) is 18.2 Å². The summed E-state index contributed by atoms with van der Waals surface area (Å²) in [5.74, 6) is -0.177. The number of carbonyl (C=O) groups is 1. The number of aliphatic hydroxyl groups excluding tert-OH is 1. The number of aliphatic hydroxyl groups is 1. The van der Waals surface area contributed by atoms with Gasteiger partial charge in [-0.2, -0.15) is 0 Å². The van der Waals surface area contributed by atoms with Crippen molar-refractivity contribution in [2.45, 2.75) is 13.5 Å². The van der Waals surface area contributed by atoms with Crippen molar-refractivity contribution < 1.29 is 19.0 Å². The van der Waals surface area contributed by atoms with Gasteiger partial charge in [-0.3, -0.25) is 4.79 Å². The lowest BCUT2D eigenvalue weighted by Crippen LogP contribution is -2.23. The maximum atomic E-state index is 13.3. The van der Waals surface area contributed by atoms with Crippen LogP contribution in [-0.2, 0) is 6.54 Å². The second-order valence-corrected chi connectivity index (χ2v) is 4.88. The van der Waals surface area contributed by atoms with Gasteiger partial charge in [-0.15, -0.1) is 0 Å². The van der Waals surface area contributed by atoms with E-state index in [0.29, 0.717) is 11.3 Å². The molecule has 4 nitrogen and oxygen atoms in total. The van der Waals surface area contributed by atoms with Crippen LogP contribution in [0.5, 0.6) is 5.75 Å². The van der Waals surface area contributed by atoms with Crippen molar-refractivity contribution in [3.05, 3.63) is 65.0 Å². The molecule has 0 fully saturated rings. The van der Waals surface area contributed by atoms with E-state index < -0.39 is 5.82 Å². The van der Waals surface area contributed by atoms with E-state index in [4.69, 9.17) is 9.84 Å². The number of para-hydroxylation sites is 1. The zero-order valence-electron chi connectivity index (χ0n) is 12.3. The fourth-order valence-corrected chi connectivity index (χ4v) is 2.09. The zero-order valence-corrected chi connectivity index (χ0v) is 12.3. The molecule has 0 aliphatic carbocycles. The summed E-state index contributed by atoms with van der Waals surface area (Å²) in [5, 5.41) is 11.5. The third-order valence-corrected chi connectivity index (χ3v) is 3.07. The highest BCUT2D eigenvalue weighted by molar-refractivity contribution is 5.94. The van der Waals surface area contributed by atoms with Crippen LogP contribution in [0.2, 0.25) is 0 Å². The van der Waals surface area contributed by atoms with E-state index in [9.17, 15) is 9.18 Å². The van der Waals surface area contributed by atoms with Crippen LogP contribution in [0, 0.1) is 12.7 Å². The Morgan fingerprint density at radius 2 is 2.05 bits per heavy atom. The number of aryl methyl sites for hydroxylation is 1.